The summed E-state index contributed by atoms with van der Waals surface area (Å²) < 4.78 is 5.23. The first-order valence-electron chi connectivity index (χ1n) is 10.3. The largest absolute Gasteiger partial charge is 0.497 e. The van der Waals surface area contributed by atoms with E-state index in [4.69, 9.17) is 4.74 Å². The van der Waals surface area contributed by atoms with E-state index >= 15 is 0 Å². The van der Waals surface area contributed by atoms with Gasteiger partial charge in [-0.1, -0.05) is 25.0 Å². The second-order valence-electron chi connectivity index (χ2n) is 7.58. The Morgan fingerprint density at radius 1 is 1.32 bits per heavy atom. The van der Waals surface area contributed by atoms with Crippen LogP contribution in [0.25, 0.3) is 0 Å². The normalized spacial score (nSPS) is 22.0. The molecule has 158 valence electrons. The van der Waals surface area contributed by atoms with Crippen LogP contribution < -0.4 is 15.4 Å². The minimum atomic E-state index is -0.644. The number of hydrogen-bond acceptors (Lipinski definition) is 4. The molecule has 1 saturated heterocycles. The number of likely N-dealkylation sites (tertiary alicyclic amines) is 1. The van der Waals surface area contributed by atoms with Crippen LogP contribution in [0.2, 0.25) is 0 Å². The smallest absolute Gasteiger partial charge is 0.191 e. The molecule has 7 heteroatoms. The lowest BCUT2D eigenvalue weighted by molar-refractivity contribution is 0.186. The summed E-state index contributed by atoms with van der Waals surface area (Å²) in [4.78, 5) is 7.25. The number of methoxy groups -OCH3 is 1. The van der Waals surface area contributed by atoms with Gasteiger partial charge in [-0.2, -0.15) is 0 Å². The second kappa shape index (κ2) is 11.8. The summed E-state index contributed by atoms with van der Waals surface area (Å²) in [5.74, 6) is 1.54. The molecular formula is C21H35IN4O2. The molecule has 2 atom stereocenters. The van der Waals surface area contributed by atoms with Crippen molar-refractivity contribution in [2.75, 3.05) is 33.3 Å². The molecule has 3 rings (SSSR count). The maximum Gasteiger partial charge on any atom is 0.191 e. The monoisotopic (exact) mass is 502 g/mol. The first-order chi connectivity index (χ1) is 13.2. The van der Waals surface area contributed by atoms with Crippen LogP contribution in [0.3, 0.4) is 0 Å². The lowest BCUT2D eigenvalue weighted by atomic mass is 10.1. The van der Waals surface area contributed by atoms with Crippen molar-refractivity contribution < 1.29 is 9.84 Å². The van der Waals surface area contributed by atoms with Gasteiger partial charge in [-0.15, -0.1) is 24.0 Å². The third-order valence-corrected chi connectivity index (χ3v) is 5.65. The van der Waals surface area contributed by atoms with Crippen LogP contribution in [0.15, 0.2) is 29.3 Å². The zero-order chi connectivity index (χ0) is 19.1. The third kappa shape index (κ3) is 6.49. The number of guanidine groups is 1. The van der Waals surface area contributed by atoms with Crippen molar-refractivity contribution in [2.24, 2.45) is 4.99 Å². The Bertz CT molecular complexity index is 622. The highest BCUT2D eigenvalue weighted by Gasteiger charge is 2.30. The summed E-state index contributed by atoms with van der Waals surface area (Å²) in [6.07, 6.45) is 5.98. The van der Waals surface area contributed by atoms with E-state index in [2.05, 4.69) is 27.4 Å². The Morgan fingerprint density at radius 3 is 2.82 bits per heavy atom. The van der Waals surface area contributed by atoms with Crippen LogP contribution in [0.1, 0.15) is 50.7 Å². The molecule has 2 unspecified atom stereocenters. The van der Waals surface area contributed by atoms with Gasteiger partial charge < -0.3 is 20.5 Å². The van der Waals surface area contributed by atoms with E-state index in [9.17, 15) is 5.11 Å². The maximum atomic E-state index is 10.5. The Hall–Kier alpha value is -1.06. The zero-order valence-electron chi connectivity index (χ0n) is 17.1. The van der Waals surface area contributed by atoms with Crippen LogP contribution >= 0.6 is 24.0 Å². The van der Waals surface area contributed by atoms with Crippen LogP contribution in [0, 0.1) is 0 Å². The molecule has 2 fully saturated rings. The Morgan fingerprint density at radius 2 is 2.11 bits per heavy atom. The molecule has 1 aromatic carbocycles. The maximum absolute atomic E-state index is 10.5. The predicted octanol–water partition coefficient (Wildman–Crippen LogP) is 2.92. The van der Waals surface area contributed by atoms with Gasteiger partial charge in [0.25, 0.3) is 0 Å². The van der Waals surface area contributed by atoms with Crippen molar-refractivity contribution in [1.82, 2.24) is 15.5 Å². The van der Waals surface area contributed by atoms with Crippen LogP contribution in [0.4, 0.5) is 0 Å². The average molecular weight is 502 g/mol. The van der Waals surface area contributed by atoms with E-state index in [1.807, 2.05) is 24.3 Å². The summed E-state index contributed by atoms with van der Waals surface area (Å²) in [5.41, 5.74) is 0.822. The number of nitrogens with one attached hydrogen (secondary N) is 2. The summed E-state index contributed by atoms with van der Waals surface area (Å²) in [7, 11) is 1.63. The summed E-state index contributed by atoms with van der Waals surface area (Å²) in [6, 6.07) is 8.74. The highest BCUT2D eigenvalue weighted by atomic mass is 127. The lowest BCUT2D eigenvalue weighted by Gasteiger charge is -2.24. The lowest BCUT2D eigenvalue weighted by Crippen LogP contribution is -2.45. The molecule has 6 nitrogen and oxygen atoms in total. The highest BCUT2D eigenvalue weighted by molar-refractivity contribution is 14.0. The number of nitrogens with zero attached hydrogens (tertiary/aromatic N) is 2. The minimum absolute atomic E-state index is 0. The molecule has 1 aliphatic heterocycles. The number of halogens is 1. The van der Waals surface area contributed by atoms with Gasteiger partial charge in [0.1, 0.15) is 5.75 Å². The van der Waals surface area contributed by atoms with Crippen molar-refractivity contribution in [3.63, 3.8) is 0 Å². The summed E-state index contributed by atoms with van der Waals surface area (Å²) >= 11 is 0. The Kier molecular flexibility index (Phi) is 9.81. The van der Waals surface area contributed by atoms with Gasteiger partial charge in [-0.05, 0) is 43.9 Å². The molecule has 28 heavy (non-hydrogen) atoms. The topological polar surface area (TPSA) is 69.1 Å². The Labute approximate surface area is 186 Å². The third-order valence-electron chi connectivity index (χ3n) is 5.65. The molecule has 2 aliphatic rings. The van der Waals surface area contributed by atoms with Gasteiger partial charge in [0, 0.05) is 31.7 Å². The van der Waals surface area contributed by atoms with Crippen molar-refractivity contribution in [1.29, 1.82) is 0 Å². The molecule has 1 aromatic rings. The molecule has 0 aromatic heterocycles. The molecule has 3 N–H and O–H groups in total. The number of aliphatic hydroxyl groups excluding tert-OH is 1. The predicted molar refractivity (Wildman–Crippen MR) is 125 cm³/mol. The van der Waals surface area contributed by atoms with Crippen molar-refractivity contribution >= 4 is 29.9 Å². The van der Waals surface area contributed by atoms with Gasteiger partial charge in [-0.25, -0.2) is 0 Å². The summed E-state index contributed by atoms with van der Waals surface area (Å²) in [5, 5.41) is 17.3. The van der Waals surface area contributed by atoms with Gasteiger partial charge in [0.05, 0.1) is 19.8 Å². The quantitative estimate of drug-likeness (QED) is 0.304. The number of hydrogen-bond donors (Lipinski definition) is 3. The molecule has 0 bridgehead atoms. The number of rotatable bonds is 7. The fourth-order valence-electron chi connectivity index (χ4n) is 4.15. The zero-order valence-corrected chi connectivity index (χ0v) is 19.4. The molecule has 1 saturated carbocycles. The highest BCUT2D eigenvalue weighted by Crippen LogP contribution is 2.26. The number of benzene rings is 1. The molecule has 1 heterocycles. The SMILES string of the molecule is CCNC(=NCC(O)c1cccc(OC)c1)NC1CCN(C2CCCC2)C1.I. The number of aliphatic imine (C=N–C) groups is 1. The molecule has 0 radical (unpaired) electrons. The molecule has 0 spiro atoms. The minimum Gasteiger partial charge on any atom is -0.497 e. The number of ether oxygens (including phenoxy) is 1. The van der Waals surface area contributed by atoms with E-state index in [1.54, 1.807) is 7.11 Å². The van der Waals surface area contributed by atoms with Crippen LogP contribution in [0.5, 0.6) is 5.75 Å². The fraction of sp³-hybridized carbons (Fsp3) is 0.667. The van der Waals surface area contributed by atoms with Crippen molar-refractivity contribution in [3.05, 3.63) is 29.8 Å². The molecular weight excluding hydrogens is 467 g/mol. The van der Waals surface area contributed by atoms with E-state index in [0.717, 1.165) is 42.8 Å². The summed E-state index contributed by atoms with van der Waals surface area (Å²) in [6.45, 7) is 5.46. The van der Waals surface area contributed by atoms with Crippen LogP contribution in [-0.4, -0.2) is 61.3 Å². The van der Waals surface area contributed by atoms with E-state index in [-0.39, 0.29) is 24.0 Å². The van der Waals surface area contributed by atoms with Gasteiger partial charge in [-0.3, -0.25) is 9.89 Å². The number of aliphatic hydroxyl groups is 1. The fourth-order valence-corrected chi connectivity index (χ4v) is 4.15. The van der Waals surface area contributed by atoms with E-state index in [0.29, 0.717) is 12.6 Å². The molecule has 0 amide bonds. The van der Waals surface area contributed by atoms with E-state index in [1.165, 1.54) is 32.2 Å². The van der Waals surface area contributed by atoms with Crippen molar-refractivity contribution in [2.45, 2.75) is 57.2 Å². The van der Waals surface area contributed by atoms with E-state index < -0.39 is 6.10 Å². The molecule has 1 aliphatic carbocycles. The van der Waals surface area contributed by atoms with Gasteiger partial charge in [0.15, 0.2) is 5.96 Å². The van der Waals surface area contributed by atoms with Crippen molar-refractivity contribution in [3.8, 4) is 5.75 Å². The first kappa shape index (κ1) is 23.2. The second-order valence-corrected chi connectivity index (χ2v) is 7.58. The standard InChI is InChI=1S/C21H34N4O2.HI/c1-3-22-21(23-14-20(26)16-7-6-10-19(13-16)27-2)24-17-11-12-25(15-17)18-8-4-5-9-18;/h6-7,10,13,17-18,20,26H,3-5,8-9,11-12,14-15H2,1-2H3,(H2,22,23,24);1H. The first-order valence-corrected chi connectivity index (χ1v) is 10.3. The average Bonchev–Trinajstić information content (AvgIpc) is 3.38. The van der Waals surface area contributed by atoms with Crippen LogP contribution in [-0.2, 0) is 0 Å². The Balaban J connectivity index is 0.00000280. The van der Waals surface area contributed by atoms with Gasteiger partial charge in [0.2, 0.25) is 0 Å². The van der Waals surface area contributed by atoms with Gasteiger partial charge >= 0.3 is 0 Å².